The van der Waals surface area contributed by atoms with E-state index >= 15 is 0 Å². The summed E-state index contributed by atoms with van der Waals surface area (Å²) >= 11 is 9.35. The molecule has 5 nitrogen and oxygen atoms in total. The lowest BCUT2D eigenvalue weighted by atomic mass is 10.2. The van der Waals surface area contributed by atoms with E-state index in [9.17, 15) is 9.59 Å². The van der Waals surface area contributed by atoms with E-state index in [1.54, 1.807) is 30.3 Å². The van der Waals surface area contributed by atoms with Gasteiger partial charge in [0.2, 0.25) is 5.91 Å². The van der Waals surface area contributed by atoms with Gasteiger partial charge in [0.05, 0.1) is 23.7 Å². The van der Waals surface area contributed by atoms with Gasteiger partial charge in [-0.05, 0) is 36.4 Å². The Morgan fingerprint density at radius 1 is 0.963 bits per heavy atom. The van der Waals surface area contributed by atoms with E-state index in [0.29, 0.717) is 16.3 Å². The normalized spacial score (nSPS) is 10.4. The van der Waals surface area contributed by atoms with Gasteiger partial charge in [0.25, 0.3) is 5.91 Å². The summed E-state index contributed by atoms with van der Waals surface area (Å²) in [5, 5.41) is 5.59. The zero-order valence-electron chi connectivity index (χ0n) is 14.2. The fourth-order valence-electron chi connectivity index (χ4n) is 2.39. The molecule has 0 fully saturated rings. The Morgan fingerprint density at radius 2 is 1.70 bits per heavy atom. The van der Waals surface area contributed by atoms with Crippen molar-refractivity contribution in [2.75, 3.05) is 6.54 Å². The van der Waals surface area contributed by atoms with Crippen molar-refractivity contribution in [1.82, 2.24) is 10.6 Å². The summed E-state index contributed by atoms with van der Waals surface area (Å²) in [7, 11) is 0. The van der Waals surface area contributed by atoms with Crippen LogP contribution in [-0.2, 0) is 11.3 Å². The zero-order chi connectivity index (χ0) is 19.2. The molecule has 0 aliphatic rings. The molecule has 0 atom stereocenters. The van der Waals surface area contributed by atoms with E-state index in [1.807, 2.05) is 30.3 Å². The quantitative estimate of drug-likeness (QED) is 0.588. The average Bonchev–Trinajstić information content (AvgIpc) is 3.14. The van der Waals surface area contributed by atoms with Crippen LogP contribution >= 0.6 is 27.5 Å². The van der Waals surface area contributed by atoms with E-state index in [-0.39, 0.29) is 19.0 Å². The summed E-state index contributed by atoms with van der Waals surface area (Å²) in [6, 6.07) is 18.1. The molecule has 0 aliphatic carbocycles. The smallest absolute Gasteiger partial charge is 0.253 e. The molecule has 3 rings (SSSR count). The van der Waals surface area contributed by atoms with Crippen molar-refractivity contribution in [3.8, 4) is 11.3 Å². The first-order valence-corrected chi connectivity index (χ1v) is 9.34. The summed E-state index contributed by atoms with van der Waals surface area (Å²) in [6.45, 7) is 0.0850. The fraction of sp³-hybridized carbons (Fsp3) is 0.100. The predicted molar refractivity (Wildman–Crippen MR) is 107 cm³/mol. The monoisotopic (exact) mass is 446 g/mol. The van der Waals surface area contributed by atoms with Crippen LogP contribution in [0.5, 0.6) is 0 Å². The number of benzene rings is 2. The topological polar surface area (TPSA) is 71.3 Å². The van der Waals surface area contributed by atoms with Gasteiger partial charge < -0.3 is 15.1 Å². The second kappa shape index (κ2) is 8.88. The Hall–Kier alpha value is -2.57. The number of halogens is 2. The van der Waals surface area contributed by atoms with Crippen LogP contribution in [0.4, 0.5) is 0 Å². The molecule has 0 unspecified atom stereocenters. The molecular weight excluding hydrogens is 432 g/mol. The van der Waals surface area contributed by atoms with Crippen molar-refractivity contribution >= 4 is 39.3 Å². The summed E-state index contributed by atoms with van der Waals surface area (Å²) in [4.78, 5) is 24.0. The zero-order valence-corrected chi connectivity index (χ0v) is 16.5. The first kappa shape index (κ1) is 19.2. The van der Waals surface area contributed by atoms with Crippen LogP contribution in [-0.4, -0.2) is 18.4 Å². The van der Waals surface area contributed by atoms with Crippen LogP contribution in [0.2, 0.25) is 5.02 Å². The van der Waals surface area contributed by atoms with Crippen LogP contribution in [0.25, 0.3) is 11.3 Å². The standard InChI is InChI=1S/C20H16BrClN2O3/c21-14-7-5-13(6-8-14)18-10-9-15(27-18)11-23-19(25)12-24-20(26)16-3-1-2-4-17(16)22/h1-10H,11-12H2,(H,23,25)(H,24,26). The molecule has 0 saturated carbocycles. The second-order valence-electron chi connectivity index (χ2n) is 5.71. The third-order valence-electron chi connectivity index (χ3n) is 3.78. The predicted octanol–water partition coefficient (Wildman–Crippen LogP) is 4.41. The van der Waals surface area contributed by atoms with Crippen LogP contribution in [0, 0.1) is 0 Å². The van der Waals surface area contributed by atoms with Crippen molar-refractivity contribution in [3.05, 3.63) is 81.5 Å². The van der Waals surface area contributed by atoms with E-state index < -0.39 is 5.91 Å². The molecule has 0 bridgehead atoms. The highest BCUT2D eigenvalue weighted by molar-refractivity contribution is 9.10. The number of nitrogens with one attached hydrogen (secondary N) is 2. The lowest BCUT2D eigenvalue weighted by Crippen LogP contribution is -2.36. The maximum Gasteiger partial charge on any atom is 0.253 e. The number of hydrogen-bond acceptors (Lipinski definition) is 3. The van der Waals surface area contributed by atoms with Crippen LogP contribution in [0.15, 0.2) is 69.6 Å². The number of carbonyl (C=O) groups is 2. The van der Waals surface area contributed by atoms with Crippen molar-refractivity contribution in [2.45, 2.75) is 6.54 Å². The molecule has 0 aliphatic heterocycles. The molecular formula is C20H16BrClN2O3. The second-order valence-corrected chi connectivity index (χ2v) is 7.03. The minimum atomic E-state index is -0.397. The first-order valence-electron chi connectivity index (χ1n) is 8.17. The van der Waals surface area contributed by atoms with Gasteiger partial charge in [0, 0.05) is 10.0 Å². The van der Waals surface area contributed by atoms with Gasteiger partial charge in [-0.15, -0.1) is 0 Å². The molecule has 0 radical (unpaired) electrons. The van der Waals surface area contributed by atoms with E-state index in [4.69, 9.17) is 16.0 Å². The third kappa shape index (κ3) is 5.21. The molecule has 138 valence electrons. The number of hydrogen-bond donors (Lipinski definition) is 2. The van der Waals surface area contributed by atoms with Crippen LogP contribution < -0.4 is 10.6 Å². The van der Waals surface area contributed by atoms with Crippen molar-refractivity contribution in [1.29, 1.82) is 0 Å². The molecule has 7 heteroatoms. The number of carbonyl (C=O) groups excluding carboxylic acids is 2. The molecule has 1 heterocycles. The van der Waals surface area contributed by atoms with E-state index in [0.717, 1.165) is 15.8 Å². The van der Waals surface area contributed by atoms with Crippen LogP contribution in [0.1, 0.15) is 16.1 Å². The largest absolute Gasteiger partial charge is 0.459 e. The highest BCUT2D eigenvalue weighted by Gasteiger charge is 2.11. The average molecular weight is 448 g/mol. The molecule has 2 N–H and O–H groups in total. The Balaban J connectivity index is 1.49. The molecule has 0 saturated heterocycles. The minimum Gasteiger partial charge on any atom is -0.459 e. The summed E-state index contributed by atoms with van der Waals surface area (Å²) in [6.07, 6.45) is 0. The maximum absolute atomic E-state index is 12.0. The van der Waals surface area contributed by atoms with Gasteiger partial charge in [-0.2, -0.15) is 0 Å². The summed E-state index contributed by atoms with van der Waals surface area (Å²) in [5.41, 5.74) is 1.28. The molecule has 2 aromatic carbocycles. The van der Waals surface area contributed by atoms with Gasteiger partial charge in [-0.3, -0.25) is 9.59 Å². The number of rotatable bonds is 6. The number of furan rings is 1. The Labute approximate surface area is 169 Å². The van der Waals surface area contributed by atoms with Crippen LogP contribution in [0.3, 0.4) is 0 Å². The molecule has 27 heavy (non-hydrogen) atoms. The first-order chi connectivity index (χ1) is 13.0. The molecule has 3 aromatic rings. The molecule has 2 amide bonds. The van der Waals surface area contributed by atoms with Gasteiger partial charge in [0.1, 0.15) is 11.5 Å². The van der Waals surface area contributed by atoms with Crippen molar-refractivity contribution in [3.63, 3.8) is 0 Å². The van der Waals surface area contributed by atoms with Gasteiger partial charge in [-0.1, -0.05) is 51.8 Å². The highest BCUT2D eigenvalue weighted by atomic mass is 79.9. The summed E-state index contributed by atoms with van der Waals surface area (Å²) < 4.78 is 6.73. The van der Waals surface area contributed by atoms with Gasteiger partial charge in [0.15, 0.2) is 0 Å². The fourth-order valence-corrected chi connectivity index (χ4v) is 2.88. The van der Waals surface area contributed by atoms with E-state index in [1.165, 1.54) is 0 Å². The van der Waals surface area contributed by atoms with Gasteiger partial charge in [-0.25, -0.2) is 0 Å². The van der Waals surface area contributed by atoms with E-state index in [2.05, 4.69) is 26.6 Å². The number of amides is 2. The Morgan fingerprint density at radius 3 is 2.44 bits per heavy atom. The molecule has 0 spiro atoms. The van der Waals surface area contributed by atoms with Crippen molar-refractivity contribution in [2.24, 2.45) is 0 Å². The maximum atomic E-state index is 12.0. The minimum absolute atomic E-state index is 0.148. The molecule has 1 aromatic heterocycles. The Kier molecular flexibility index (Phi) is 6.32. The SMILES string of the molecule is O=C(CNC(=O)c1ccccc1Cl)NCc1ccc(-c2ccc(Br)cc2)o1. The van der Waals surface area contributed by atoms with Crippen molar-refractivity contribution < 1.29 is 14.0 Å². The lowest BCUT2D eigenvalue weighted by Gasteiger charge is -2.07. The lowest BCUT2D eigenvalue weighted by molar-refractivity contribution is -0.120. The summed E-state index contributed by atoms with van der Waals surface area (Å²) in [5.74, 6) is 0.626. The third-order valence-corrected chi connectivity index (χ3v) is 4.64. The van der Waals surface area contributed by atoms with Gasteiger partial charge >= 0.3 is 0 Å². The Bertz CT molecular complexity index is 954. The highest BCUT2D eigenvalue weighted by Crippen LogP contribution is 2.23.